The van der Waals surface area contributed by atoms with Gasteiger partial charge in [0.25, 0.3) is 0 Å². The third kappa shape index (κ3) is 1.18. The number of pyridine rings is 1. The summed E-state index contributed by atoms with van der Waals surface area (Å²) in [5.41, 5.74) is 0.558. The van der Waals surface area contributed by atoms with Crippen LogP contribution in [0.1, 0.15) is 0 Å². The van der Waals surface area contributed by atoms with Crippen molar-refractivity contribution in [3.05, 3.63) is 17.0 Å². The summed E-state index contributed by atoms with van der Waals surface area (Å²) in [5.74, 6) is -0.166. The Morgan fingerprint density at radius 1 is 1.67 bits per heavy atom. The van der Waals surface area contributed by atoms with E-state index in [1.165, 1.54) is 6.07 Å². The molecular formula is C7H6ClFN2O. The lowest BCUT2D eigenvalue weighted by Crippen LogP contribution is -2.19. The SMILES string of the molecule is Fc1cc2c(nc1Cl)OCCN2. The quantitative estimate of drug-likeness (QED) is 0.629. The Kier molecular flexibility index (Phi) is 1.77. The van der Waals surface area contributed by atoms with E-state index in [1.807, 2.05) is 0 Å². The van der Waals surface area contributed by atoms with E-state index in [4.69, 9.17) is 16.3 Å². The van der Waals surface area contributed by atoms with E-state index < -0.39 is 5.82 Å². The Morgan fingerprint density at radius 3 is 3.33 bits per heavy atom. The molecule has 12 heavy (non-hydrogen) atoms. The normalized spacial score (nSPS) is 14.5. The number of hydrogen-bond acceptors (Lipinski definition) is 3. The molecule has 0 radical (unpaired) electrons. The van der Waals surface area contributed by atoms with Crippen LogP contribution in [-0.4, -0.2) is 18.1 Å². The van der Waals surface area contributed by atoms with Crippen LogP contribution < -0.4 is 10.1 Å². The summed E-state index contributed by atoms with van der Waals surface area (Å²) < 4.78 is 18.0. The predicted octanol–water partition coefficient (Wildman–Crippen LogP) is 1.68. The maximum Gasteiger partial charge on any atom is 0.239 e. The van der Waals surface area contributed by atoms with Crippen molar-refractivity contribution in [3.8, 4) is 5.88 Å². The van der Waals surface area contributed by atoms with Crippen molar-refractivity contribution in [1.82, 2.24) is 4.98 Å². The van der Waals surface area contributed by atoms with Gasteiger partial charge < -0.3 is 10.1 Å². The standard InChI is InChI=1S/C7H6ClFN2O/c8-6-4(9)3-5-7(11-6)12-2-1-10-5/h3,10H,1-2H2. The van der Waals surface area contributed by atoms with Crippen LogP contribution in [0.3, 0.4) is 0 Å². The summed E-state index contributed by atoms with van der Waals surface area (Å²) in [7, 11) is 0. The highest BCUT2D eigenvalue weighted by molar-refractivity contribution is 6.29. The molecule has 0 unspecified atom stereocenters. The zero-order chi connectivity index (χ0) is 8.55. The lowest BCUT2D eigenvalue weighted by atomic mass is 10.3. The van der Waals surface area contributed by atoms with Crippen molar-refractivity contribution in [1.29, 1.82) is 0 Å². The smallest absolute Gasteiger partial charge is 0.239 e. The third-order valence-corrected chi connectivity index (χ3v) is 1.82. The molecule has 1 aromatic heterocycles. The Bertz CT molecular complexity index is 288. The van der Waals surface area contributed by atoms with Gasteiger partial charge in [-0.3, -0.25) is 0 Å². The maximum absolute atomic E-state index is 12.8. The minimum absolute atomic E-state index is 0.155. The fourth-order valence-corrected chi connectivity index (χ4v) is 1.15. The predicted molar refractivity (Wildman–Crippen MR) is 43.2 cm³/mol. The summed E-state index contributed by atoms with van der Waals surface area (Å²) >= 11 is 5.45. The minimum Gasteiger partial charge on any atom is -0.474 e. The van der Waals surface area contributed by atoms with E-state index in [2.05, 4.69) is 10.3 Å². The fourth-order valence-electron chi connectivity index (χ4n) is 1.02. The fraction of sp³-hybridized carbons (Fsp3) is 0.286. The van der Waals surface area contributed by atoms with Crippen LogP contribution in [0.5, 0.6) is 5.88 Å². The van der Waals surface area contributed by atoms with Gasteiger partial charge in [-0.25, -0.2) is 4.39 Å². The van der Waals surface area contributed by atoms with Crippen LogP contribution in [0.4, 0.5) is 10.1 Å². The molecule has 0 spiro atoms. The molecule has 1 aliphatic heterocycles. The van der Waals surface area contributed by atoms with Gasteiger partial charge in [-0.1, -0.05) is 11.6 Å². The van der Waals surface area contributed by atoms with Crippen molar-refractivity contribution in [2.24, 2.45) is 0 Å². The summed E-state index contributed by atoms with van der Waals surface area (Å²) in [6.07, 6.45) is 0. The second kappa shape index (κ2) is 2.79. The molecule has 0 saturated heterocycles. The van der Waals surface area contributed by atoms with Gasteiger partial charge in [0, 0.05) is 12.6 Å². The third-order valence-electron chi connectivity index (χ3n) is 1.55. The molecule has 1 aromatic rings. The molecule has 0 bridgehead atoms. The minimum atomic E-state index is -0.534. The molecule has 0 amide bonds. The zero-order valence-electron chi connectivity index (χ0n) is 6.10. The number of ether oxygens (including phenoxy) is 1. The summed E-state index contributed by atoms with van der Waals surface area (Å²) in [5, 5.41) is 2.79. The first-order valence-corrected chi connectivity index (χ1v) is 3.88. The van der Waals surface area contributed by atoms with E-state index in [0.29, 0.717) is 24.7 Å². The second-order valence-electron chi connectivity index (χ2n) is 2.39. The number of rotatable bonds is 0. The van der Waals surface area contributed by atoms with Gasteiger partial charge in [-0.15, -0.1) is 0 Å². The van der Waals surface area contributed by atoms with E-state index in [1.54, 1.807) is 0 Å². The molecule has 0 fully saturated rings. The van der Waals surface area contributed by atoms with Crippen molar-refractivity contribution in [3.63, 3.8) is 0 Å². The number of hydrogen-bond donors (Lipinski definition) is 1. The van der Waals surface area contributed by atoms with Crippen LogP contribution >= 0.6 is 11.6 Å². The van der Waals surface area contributed by atoms with E-state index in [9.17, 15) is 4.39 Å². The number of aromatic nitrogens is 1. The number of anilines is 1. The number of nitrogens with one attached hydrogen (secondary N) is 1. The van der Waals surface area contributed by atoms with E-state index in [0.717, 1.165) is 0 Å². The molecule has 0 saturated carbocycles. The Labute approximate surface area is 73.5 Å². The molecular weight excluding hydrogens is 183 g/mol. The Hall–Kier alpha value is -1.03. The van der Waals surface area contributed by atoms with E-state index >= 15 is 0 Å². The molecule has 1 aliphatic rings. The molecule has 0 aromatic carbocycles. The average Bonchev–Trinajstić information content (AvgIpc) is 2.07. The van der Waals surface area contributed by atoms with Crippen LogP contribution in [0.15, 0.2) is 6.07 Å². The summed E-state index contributed by atoms with van der Waals surface area (Å²) in [6.45, 7) is 1.19. The van der Waals surface area contributed by atoms with Crippen molar-refractivity contribution in [2.75, 3.05) is 18.5 Å². The van der Waals surface area contributed by atoms with Crippen LogP contribution in [0.2, 0.25) is 5.15 Å². The van der Waals surface area contributed by atoms with Crippen molar-refractivity contribution >= 4 is 17.3 Å². The second-order valence-corrected chi connectivity index (χ2v) is 2.75. The first-order chi connectivity index (χ1) is 5.77. The zero-order valence-corrected chi connectivity index (χ0v) is 6.86. The molecule has 2 heterocycles. The largest absolute Gasteiger partial charge is 0.474 e. The van der Waals surface area contributed by atoms with Gasteiger partial charge in [0.05, 0.1) is 0 Å². The van der Waals surface area contributed by atoms with Crippen LogP contribution in [0, 0.1) is 5.82 Å². The molecule has 0 atom stereocenters. The van der Waals surface area contributed by atoms with Crippen molar-refractivity contribution < 1.29 is 9.13 Å². The topological polar surface area (TPSA) is 34.1 Å². The van der Waals surface area contributed by atoms with Gasteiger partial charge >= 0.3 is 0 Å². The highest BCUT2D eigenvalue weighted by Gasteiger charge is 2.14. The summed E-state index contributed by atoms with van der Waals surface area (Å²) in [4.78, 5) is 3.72. The van der Waals surface area contributed by atoms with Gasteiger partial charge in [-0.2, -0.15) is 4.98 Å². The number of nitrogens with zero attached hydrogens (tertiary/aromatic N) is 1. The molecule has 1 N–H and O–H groups in total. The molecule has 2 rings (SSSR count). The highest BCUT2D eigenvalue weighted by Crippen LogP contribution is 2.28. The van der Waals surface area contributed by atoms with Crippen molar-refractivity contribution in [2.45, 2.75) is 0 Å². The first kappa shape index (κ1) is 7.61. The Balaban J connectivity index is 2.49. The van der Waals surface area contributed by atoms with E-state index in [-0.39, 0.29) is 5.15 Å². The van der Waals surface area contributed by atoms with Gasteiger partial charge in [0.2, 0.25) is 5.88 Å². The van der Waals surface area contributed by atoms with Gasteiger partial charge in [-0.05, 0) is 0 Å². The molecule has 5 heteroatoms. The van der Waals surface area contributed by atoms with Gasteiger partial charge in [0.15, 0.2) is 11.0 Å². The maximum atomic E-state index is 12.8. The highest BCUT2D eigenvalue weighted by atomic mass is 35.5. The average molecular weight is 189 g/mol. The molecule has 64 valence electrons. The lowest BCUT2D eigenvalue weighted by Gasteiger charge is -2.17. The number of halogens is 2. The van der Waals surface area contributed by atoms with Gasteiger partial charge in [0.1, 0.15) is 12.3 Å². The number of fused-ring (bicyclic) bond motifs is 1. The Morgan fingerprint density at radius 2 is 2.50 bits per heavy atom. The molecule has 3 nitrogen and oxygen atoms in total. The monoisotopic (exact) mass is 188 g/mol. The summed E-state index contributed by atoms with van der Waals surface area (Å²) in [6, 6.07) is 1.28. The first-order valence-electron chi connectivity index (χ1n) is 3.50. The van der Waals surface area contributed by atoms with Crippen LogP contribution in [-0.2, 0) is 0 Å². The molecule has 0 aliphatic carbocycles. The lowest BCUT2D eigenvalue weighted by molar-refractivity contribution is 0.309. The van der Waals surface area contributed by atoms with Crippen LogP contribution in [0.25, 0.3) is 0 Å².